The first-order valence-electron chi connectivity index (χ1n) is 5.75. The highest BCUT2D eigenvalue weighted by atomic mass is 79.9. The quantitative estimate of drug-likeness (QED) is 0.627. The number of benzene rings is 2. The summed E-state index contributed by atoms with van der Waals surface area (Å²) in [5.41, 5.74) is 2.83. The molecule has 2 rings (SSSR count). The third-order valence-corrected chi connectivity index (χ3v) is 4.43. The SMILES string of the molecule is Cc1cc(NC(=S)Nc2ccc(Cl)c(Cl)c2)ccc1Br. The molecule has 0 aliphatic carbocycles. The molecule has 2 aromatic carbocycles. The molecule has 104 valence electrons. The Morgan fingerprint density at radius 1 is 1.00 bits per heavy atom. The first kappa shape index (κ1) is 15.6. The predicted octanol–water partition coefficient (Wildman–Crippen LogP) is 5.87. The molecule has 0 unspecified atom stereocenters. The van der Waals surface area contributed by atoms with E-state index >= 15 is 0 Å². The molecule has 0 radical (unpaired) electrons. The van der Waals surface area contributed by atoms with Crippen LogP contribution >= 0.6 is 51.3 Å². The Labute approximate surface area is 141 Å². The molecule has 0 amide bonds. The van der Waals surface area contributed by atoms with Crippen molar-refractivity contribution in [1.29, 1.82) is 0 Å². The highest BCUT2D eigenvalue weighted by Gasteiger charge is 2.03. The van der Waals surface area contributed by atoms with E-state index in [0.29, 0.717) is 15.2 Å². The minimum Gasteiger partial charge on any atom is -0.332 e. The summed E-state index contributed by atoms with van der Waals surface area (Å²) in [4.78, 5) is 0. The molecule has 0 heterocycles. The van der Waals surface area contributed by atoms with Gasteiger partial charge in [0.2, 0.25) is 0 Å². The predicted molar refractivity (Wildman–Crippen MR) is 95.2 cm³/mol. The van der Waals surface area contributed by atoms with Gasteiger partial charge in [0.05, 0.1) is 10.0 Å². The van der Waals surface area contributed by atoms with Crippen molar-refractivity contribution >= 4 is 67.8 Å². The Morgan fingerprint density at radius 3 is 2.20 bits per heavy atom. The van der Waals surface area contributed by atoms with Crippen LogP contribution in [0.5, 0.6) is 0 Å². The fourth-order valence-corrected chi connectivity index (χ4v) is 2.37. The monoisotopic (exact) mass is 388 g/mol. The van der Waals surface area contributed by atoms with Crippen LogP contribution in [-0.2, 0) is 0 Å². The van der Waals surface area contributed by atoms with Crippen LogP contribution in [0.1, 0.15) is 5.56 Å². The van der Waals surface area contributed by atoms with Crippen LogP contribution in [0.2, 0.25) is 10.0 Å². The smallest absolute Gasteiger partial charge is 0.175 e. The number of halogens is 3. The molecule has 6 heteroatoms. The first-order valence-corrected chi connectivity index (χ1v) is 7.70. The number of anilines is 2. The zero-order valence-electron chi connectivity index (χ0n) is 10.5. The van der Waals surface area contributed by atoms with Gasteiger partial charge in [-0.2, -0.15) is 0 Å². The van der Waals surface area contributed by atoms with Gasteiger partial charge >= 0.3 is 0 Å². The van der Waals surface area contributed by atoms with Gasteiger partial charge in [-0.15, -0.1) is 0 Å². The van der Waals surface area contributed by atoms with Crippen molar-refractivity contribution in [3.8, 4) is 0 Å². The van der Waals surface area contributed by atoms with Gasteiger partial charge in [-0.1, -0.05) is 39.1 Å². The molecule has 2 N–H and O–H groups in total. The molecule has 0 aliphatic rings. The summed E-state index contributed by atoms with van der Waals surface area (Å²) in [6, 6.07) is 11.2. The largest absolute Gasteiger partial charge is 0.332 e. The summed E-state index contributed by atoms with van der Waals surface area (Å²) in [7, 11) is 0. The maximum absolute atomic E-state index is 5.95. The minimum atomic E-state index is 0.485. The van der Waals surface area contributed by atoms with E-state index in [-0.39, 0.29) is 0 Å². The summed E-state index contributed by atoms with van der Waals surface area (Å²) in [5.74, 6) is 0. The lowest BCUT2D eigenvalue weighted by Crippen LogP contribution is -2.19. The van der Waals surface area contributed by atoms with Crippen molar-refractivity contribution in [1.82, 2.24) is 0 Å². The summed E-state index contributed by atoms with van der Waals surface area (Å²) in [5, 5.41) is 7.66. The number of hydrogen-bond acceptors (Lipinski definition) is 1. The fraction of sp³-hybridized carbons (Fsp3) is 0.0714. The van der Waals surface area contributed by atoms with E-state index in [2.05, 4.69) is 26.6 Å². The van der Waals surface area contributed by atoms with Gasteiger partial charge in [0.1, 0.15) is 0 Å². The fourth-order valence-electron chi connectivity index (χ4n) is 1.59. The molecule has 0 atom stereocenters. The van der Waals surface area contributed by atoms with E-state index in [1.807, 2.05) is 31.2 Å². The summed E-state index contributed by atoms with van der Waals surface area (Å²) < 4.78 is 1.06. The molecule has 0 aliphatic heterocycles. The topological polar surface area (TPSA) is 24.1 Å². The van der Waals surface area contributed by atoms with Crippen LogP contribution in [0.3, 0.4) is 0 Å². The van der Waals surface area contributed by atoms with E-state index in [4.69, 9.17) is 35.4 Å². The lowest BCUT2D eigenvalue weighted by Gasteiger charge is -2.12. The molecule has 0 fully saturated rings. The van der Waals surface area contributed by atoms with Crippen LogP contribution < -0.4 is 10.6 Å². The molecular formula is C14H11BrCl2N2S. The summed E-state index contributed by atoms with van der Waals surface area (Å²) >= 11 is 20.5. The number of hydrogen-bond donors (Lipinski definition) is 2. The second-order valence-electron chi connectivity index (χ2n) is 4.17. The number of aryl methyl sites for hydroxylation is 1. The van der Waals surface area contributed by atoms with Gasteiger partial charge in [-0.05, 0) is 61.1 Å². The second-order valence-corrected chi connectivity index (χ2v) is 6.25. The normalized spacial score (nSPS) is 10.2. The van der Waals surface area contributed by atoms with Crippen molar-refractivity contribution in [2.45, 2.75) is 6.92 Å². The zero-order valence-corrected chi connectivity index (χ0v) is 14.4. The molecule has 2 aromatic rings. The highest BCUT2D eigenvalue weighted by molar-refractivity contribution is 9.10. The van der Waals surface area contributed by atoms with Crippen molar-refractivity contribution < 1.29 is 0 Å². The standard InChI is InChI=1S/C14H11BrCl2N2S/c1-8-6-9(2-4-11(8)15)18-14(20)19-10-3-5-12(16)13(17)7-10/h2-7H,1H3,(H2,18,19,20). The molecular weight excluding hydrogens is 379 g/mol. The lowest BCUT2D eigenvalue weighted by atomic mass is 10.2. The Balaban J connectivity index is 2.04. The zero-order chi connectivity index (χ0) is 14.7. The average Bonchev–Trinajstić information content (AvgIpc) is 2.38. The number of rotatable bonds is 2. The van der Waals surface area contributed by atoms with Crippen molar-refractivity contribution in [2.75, 3.05) is 10.6 Å². The van der Waals surface area contributed by atoms with Crippen LogP contribution in [0, 0.1) is 6.92 Å². The Kier molecular flexibility index (Phi) is 5.27. The van der Waals surface area contributed by atoms with E-state index in [1.165, 1.54) is 0 Å². The van der Waals surface area contributed by atoms with E-state index < -0.39 is 0 Å². The summed E-state index contributed by atoms with van der Waals surface area (Å²) in [6.07, 6.45) is 0. The lowest BCUT2D eigenvalue weighted by molar-refractivity contribution is 1.43. The van der Waals surface area contributed by atoms with Crippen LogP contribution in [-0.4, -0.2) is 5.11 Å². The minimum absolute atomic E-state index is 0.485. The third kappa shape index (κ3) is 4.09. The van der Waals surface area contributed by atoms with Crippen molar-refractivity contribution in [2.24, 2.45) is 0 Å². The van der Waals surface area contributed by atoms with Crippen molar-refractivity contribution in [3.63, 3.8) is 0 Å². The number of thiocarbonyl (C=S) groups is 1. The van der Waals surface area contributed by atoms with Gasteiger partial charge < -0.3 is 10.6 Å². The van der Waals surface area contributed by atoms with Gasteiger partial charge in [-0.3, -0.25) is 0 Å². The maximum Gasteiger partial charge on any atom is 0.175 e. The van der Waals surface area contributed by atoms with E-state index in [1.54, 1.807) is 12.1 Å². The van der Waals surface area contributed by atoms with Gasteiger partial charge in [0.25, 0.3) is 0 Å². The molecule has 0 bridgehead atoms. The molecule has 0 saturated heterocycles. The highest BCUT2D eigenvalue weighted by Crippen LogP contribution is 2.25. The van der Waals surface area contributed by atoms with Gasteiger partial charge in [-0.25, -0.2) is 0 Å². The second kappa shape index (κ2) is 6.76. The average molecular weight is 390 g/mol. The van der Waals surface area contributed by atoms with Crippen molar-refractivity contribution in [3.05, 3.63) is 56.5 Å². The Morgan fingerprint density at radius 2 is 1.60 bits per heavy atom. The molecule has 2 nitrogen and oxygen atoms in total. The third-order valence-electron chi connectivity index (χ3n) is 2.59. The van der Waals surface area contributed by atoms with E-state index in [9.17, 15) is 0 Å². The van der Waals surface area contributed by atoms with Gasteiger partial charge in [0.15, 0.2) is 5.11 Å². The van der Waals surface area contributed by atoms with Crippen LogP contribution in [0.15, 0.2) is 40.9 Å². The molecule has 0 saturated carbocycles. The number of nitrogens with one attached hydrogen (secondary N) is 2. The molecule has 0 aromatic heterocycles. The molecule has 0 spiro atoms. The summed E-state index contributed by atoms with van der Waals surface area (Å²) in [6.45, 7) is 2.02. The van der Waals surface area contributed by atoms with Crippen LogP contribution in [0.4, 0.5) is 11.4 Å². The van der Waals surface area contributed by atoms with Crippen LogP contribution in [0.25, 0.3) is 0 Å². The first-order chi connectivity index (χ1) is 9.45. The molecule has 20 heavy (non-hydrogen) atoms. The maximum atomic E-state index is 5.95. The van der Waals surface area contributed by atoms with Gasteiger partial charge in [0, 0.05) is 15.8 Å². The Bertz CT molecular complexity index is 606. The Hall–Kier alpha value is -0.810. The van der Waals surface area contributed by atoms with E-state index in [0.717, 1.165) is 21.4 Å².